The molecule has 4 heteroatoms. The largest absolute Gasteiger partial charge is 0.463 e. The summed E-state index contributed by atoms with van der Waals surface area (Å²) in [7, 11) is 0. The lowest BCUT2D eigenvalue weighted by atomic mass is 10.2. The van der Waals surface area contributed by atoms with Crippen molar-refractivity contribution in [1.82, 2.24) is 4.98 Å². The topological polar surface area (TPSA) is 65.2 Å². The average molecular weight is 206 g/mol. The Morgan fingerprint density at radius 2 is 2.40 bits per heavy atom. The molecule has 15 heavy (non-hydrogen) atoms. The van der Waals surface area contributed by atoms with Gasteiger partial charge >= 0.3 is 5.97 Å². The molecule has 0 bridgehead atoms. The van der Waals surface area contributed by atoms with E-state index in [1.807, 2.05) is 6.92 Å². The standard InChI is InChI=1S/C11H14N2O2/c1-3-15-11(14)5-4-9-6-10(12)8(2)13-7-9/h4-7H,3,12H2,1-2H3. The molecular weight excluding hydrogens is 192 g/mol. The number of aromatic nitrogens is 1. The quantitative estimate of drug-likeness (QED) is 0.602. The van der Waals surface area contributed by atoms with Crippen LogP contribution >= 0.6 is 0 Å². The Balaban J connectivity index is 2.72. The monoisotopic (exact) mass is 206 g/mol. The zero-order chi connectivity index (χ0) is 11.3. The molecule has 0 radical (unpaired) electrons. The molecule has 0 unspecified atom stereocenters. The van der Waals surface area contributed by atoms with Crippen molar-refractivity contribution < 1.29 is 9.53 Å². The van der Waals surface area contributed by atoms with E-state index in [-0.39, 0.29) is 5.97 Å². The van der Waals surface area contributed by atoms with Crippen molar-refractivity contribution in [2.24, 2.45) is 0 Å². The van der Waals surface area contributed by atoms with Gasteiger partial charge in [-0.05, 0) is 31.6 Å². The lowest BCUT2D eigenvalue weighted by Crippen LogP contribution is -1.99. The molecule has 0 saturated carbocycles. The molecule has 80 valence electrons. The van der Waals surface area contributed by atoms with E-state index in [4.69, 9.17) is 10.5 Å². The van der Waals surface area contributed by atoms with Gasteiger partial charge in [0.1, 0.15) is 0 Å². The minimum absolute atomic E-state index is 0.364. The highest BCUT2D eigenvalue weighted by Gasteiger charge is 1.97. The molecule has 2 N–H and O–H groups in total. The molecule has 0 amide bonds. The number of hydrogen-bond acceptors (Lipinski definition) is 4. The summed E-state index contributed by atoms with van der Waals surface area (Å²) in [6.45, 7) is 3.96. The van der Waals surface area contributed by atoms with Gasteiger partial charge in [0.2, 0.25) is 0 Å². The maximum absolute atomic E-state index is 11.0. The van der Waals surface area contributed by atoms with Crippen LogP contribution in [0, 0.1) is 6.92 Å². The first-order valence-electron chi connectivity index (χ1n) is 4.70. The molecule has 0 aliphatic carbocycles. The van der Waals surface area contributed by atoms with E-state index < -0.39 is 0 Å². The molecule has 0 atom stereocenters. The Bertz CT molecular complexity index is 386. The van der Waals surface area contributed by atoms with E-state index in [9.17, 15) is 4.79 Å². The van der Waals surface area contributed by atoms with Gasteiger partial charge in [-0.25, -0.2) is 4.79 Å². The fourth-order valence-corrected chi connectivity index (χ4v) is 1.01. The maximum Gasteiger partial charge on any atom is 0.330 e. The number of anilines is 1. The average Bonchev–Trinajstić information content (AvgIpc) is 2.20. The van der Waals surface area contributed by atoms with Crippen LogP contribution in [0.1, 0.15) is 18.2 Å². The molecule has 0 aromatic carbocycles. The maximum atomic E-state index is 11.0. The second-order valence-corrected chi connectivity index (χ2v) is 3.03. The number of carbonyl (C=O) groups excluding carboxylic acids is 1. The SMILES string of the molecule is CCOC(=O)C=Cc1cnc(C)c(N)c1. The number of esters is 1. The fourth-order valence-electron chi connectivity index (χ4n) is 1.01. The van der Waals surface area contributed by atoms with Crippen LogP contribution in [-0.2, 0) is 9.53 Å². The van der Waals surface area contributed by atoms with E-state index >= 15 is 0 Å². The fraction of sp³-hybridized carbons (Fsp3) is 0.273. The van der Waals surface area contributed by atoms with Crippen LogP contribution in [0.3, 0.4) is 0 Å². The first kappa shape index (κ1) is 11.2. The van der Waals surface area contributed by atoms with Gasteiger partial charge in [-0.1, -0.05) is 0 Å². The van der Waals surface area contributed by atoms with Crippen LogP contribution in [0.5, 0.6) is 0 Å². The molecule has 1 rings (SSSR count). The Morgan fingerprint density at radius 3 is 3.00 bits per heavy atom. The molecule has 0 spiro atoms. The van der Waals surface area contributed by atoms with Crippen LogP contribution in [0.15, 0.2) is 18.3 Å². The molecule has 0 aliphatic rings. The molecule has 4 nitrogen and oxygen atoms in total. The normalized spacial score (nSPS) is 10.5. The Morgan fingerprint density at radius 1 is 1.67 bits per heavy atom. The summed E-state index contributed by atoms with van der Waals surface area (Å²) in [6.07, 6.45) is 4.64. The van der Waals surface area contributed by atoms with E-state index in [0.717, 1.165) is 11.3 Å². The minimum atomic E-state index is -0.364. The molecule has 0 saturated heterocycles. The van der Waals surface area contributed by atoms with Gasteiger partial charge in [-0.2, -0.15) is 0 Å². The second kappa shape index (κ2) is 5.14. The Kier molecular flexibility index (Phi) is 3.85. The molecule has 1 aromatic rings. The van der Waals surface area contributed by atoms with E-state index in [2.05, 4.69) is 4.98 Å². The van der Waals surface area contributed by atoms with Gasteiger partial charge in [-0.15, -0.1) is 0 Å². The number of hydrogen-bond donors (Lipinski definition) is 1. The van der Waals surface area contributed by atoms with Gasteiger partial charge in [0.25, 0.3) is 0 Å². The molecule has 1 heterocycles. The number of nitrogen functional groups attached to an aromatic ring is 1. The van der Waals surface area contributed by atoms with Gasteiger partial charge in [0, 0.05) is 12.3 Å². The van der Waals surface area contributed by atoms with Crippen molar-refractivity contribution >= 4 is 17.7 Å². The third-order valence-electron chi connectivity index (χ3n) is 1.85. The summed E-state index contributed by atoms with van der Waals surface area (Å²) in [5.74, 6) is -0.364. The summed E-state index contributed by atoms with van der Waals surface area (Å²) >= 11 is 0. The van der Waals surface area contributed by atoms with Gasteiger partial charge in [-0.3, -0.25) is 4.98 Å². The van der Waals surface area contributed by atoms with E-state index in [1.54, 1.807) is 25.3 Å². The summed E-state index contributed by atoms with van der Waals surface area (Å²) < 4.78 is 4.74. The molecule has 0 fully saturated rings. The van der Waals surface area contributed by atoms with Crippen LogP contribution in [0.25, 0.3) is 6.08 Å². The highest BCUT2D eigenvalue weighted by atomic mass is 16.5. The number of aryl methyl sites for hydroxylation is 1. The van der Waals surface area contributed by atoms with Crippen LogP contribution in [-0.4, -0.2) is 17.6 Å². The summed E-state index contributed by atoms with van der Waals surface area (Å²) in [4.78, 5) is 15.1. The Labute approximate surface area is 88.8 Å². The predicted octanol–water partition coefficient (Wildman–Crippen LogP) is 1.55. The highest BCUT2D eigenvalue weighted by molar-refractivity contribution is 5.87. The zero-order valence-electron chi connectivity index (χ0n) is 8.86. The number of rotatable bonds is 3. The van der Waals surface area contributed by atoms with Gasteiger partial charge in [0.15, 0.2) is 0 Å². The van der Waals surface area contributed by atoms with E-state index in [1.165, 1.54) is 6.08 Å². The van der Waals surface area contributed by atoms with Crippen LogP contribution < -0.4 is 5.73 Å². The van der Waals surface area contributed by atoms with Crippen LogP contribution in [0.4, 0.5) is 5.69 Å². The first-order chi connectivity index (χ1) is 7.13. The molecule has 1 aromatic heterocycles. The lowest BCUT2D eigenvalue weighted by Gasteiger charge is -1.99. The van der Waals surface area contributed by atoms with Crippen LogP contribution in [0.2, 0.25) is 0 Å². The number of nitrogens with zero attached hydrogens (tertiary/aromatic N) is 1. The molecular formula is C11H14N2O2. The van der Waals surface area contributed by atoms with Crippen molar-refractivity contribution in [3.63, 3.8) is 0 Å². The predicted molar refractivity (Wildman–Crippen MR) is 59.1 cm³/mol. The second-order valence-electron chi connectivity index (χ2n) is 3.03. The van der Waals surface area contributed by atoms with Crippen molar-refractivity contribution in [3.05, 3.63) is 29.6 Å². The third-order valence-corrected chi connectivity index (χ3v) is 1.85. The van der Waals surface area contributed by atoms with Crippen molar-refractivity contribution in [3.8, 4) is 0 Å². The smallest absolute Gasteiger partial charge is 0.330 e. The summed E-state index contributed by atoms with van der Waals surface area (Å²) in [6, 6.07) is 1.76. The molecule has 0 aliphatic heterocycles. The van der Waals surface area contributed by atoms with Crippen molar-refractivity contribution in [2.45, 2.75) is 13.8 Å². The summed E-state index contributed by atoms with van der Waals surface area (Å²) in [5.41, 5.74) is 7.85. The minimum Gasteiger partial charge on any atom is -0.463 e. The zero-order valence-corrected chi connectivity index (χ0v) is 8.86. The number of carbonyl (C=O) groups is 1. The van der Waals surface area contributed by atoms with Gasteiger partial charge in [0.05, 0.1) is 18.0 Å². The first-order valence-corrected chi connectivity index (χ1v) is 4.70. The van der Waals surface area contributed by atoms with Crippen molar-refractivity contribution in [2.75, 3.05) is 12.3 Å². The number of nitrogens with two attached hydrogens (primary N) is 1. The van der Waals surface area contributed by atoms with E-state index in [0.29, 0.717) is 12.3 Å². The number of pyridine rings is 1. The summed E-state index contributed by atoms with van der Waals surface area (Å²) in [5, 5.41) is 0. The highest BCUT2D eigenvalue weighted by Crippen LogP contribution is 2.10. The van der Waals surface area contributed by atoms with Crippen molar-refractivity contribution in [1.29, 1.82) is 0 Å². The Hall–Kier alpha value is -1.84. The lowest BCUT2D eigenvalue weighted by molar-refractivity contribution is -0.137. The van der Waals surface area contributed by atoms with Gasteiger partial charge < -0.3 is 10.5 Å². The third kappa shape index (κ3) is 3.42. The number of ether oxygens (including phenoxy) is 1.